The lowest BCUT2D eigenvalue weighted by Gasteiger charge is -2.33. The highest BCUT2D eigenvalue weighted by molar-refractivity contribution is 5.85. The second-order valence-electron chi connectivity index (χ2n) is 5.92. The molecule has 0 aliphatic carbocycles. The van der Waals surface area contributed by atoms with Crippen LogP contribution in [0.3, 0.4) is 0 Å². The highest BCUT2D eigenvalue weighted by Gasteiger charge is 2.30. The molecule has 1 aliphatic rings. The molecule has 0 radical (unpaired) electrons. The van der Waals surface area contributed by atoms with E-state index in [0.717, 1.165) is 24.2 Å². The number of halogens is 1. The van der Waals surface area contributed by atoms with Crippen LogP contribution in [0, 0.1) is 0 Å². The number of nitrogens with zero attached hydrogens (tertiary/aromatic N) is 2. The number of rotatable bonds is 6. The van der Waals surface area contributed by atoms with Crippen molar-refractivity contribution in [1.82, 2.24) is 9.80 Å². The minimum absolute atomic E-state index is 0. The van der Waals surface area contributed by atoms with Crippen molar-refractivity contribution in [3.8, 4) is 5.75 Å². The Hall–Kier alpha value is -1.79. The van der Waals surface area contributed by atoms with Gasteiger partial charge in [0.25, 0.3) is 0 Å². The number of methoxy groups -OCH3 is 1. The predicted octanol–water partition coefficient (Wildman–Crippen LogP) is 2.01. The number of piperidine rings is 1. The quantitative estimate of drug-likeness (QED) is 0.844. The number of carboxylic acid groups (broad SMARTS) is 1. The van der Waals surface area contributed by atoms with E-state index in [4.69, 9.17) is 4.74 Å². The number of likely N-dealkylation sites (N-methyl/N-ethyl adjacent to an activating group) is 1. The van der Waals surface area contributed by atoms with Gasteiger partial charge in [-0.2, -0.15) is 0 Å². The van der Waals surface area contributed by atoms with Gasteiger partial charge in [0.15, 0.2) is 0 Å². The van der Waals surface area contributed by atoms with E-state index < -0.39 is 12.0 Å². The summed E-state index contributed by atoms with van der Waals surface area (Å²) in [6, 6.07) is 7.02. The SMILES string of the molecule is COc1ccc(CN(C)C(=O)CN2CCCCC2C(=O)O)cc1.Cl. The molecule has 1 aromatic carbocycles. The second-order valence-corrected chi connectivity index (χ2v) is 5.92. The lowest BCUT2D eigenvalue weighted by molar-refractivity contribution is -0.146. The summed E-state index contributed by atoms with van der Waals surface area (Å²) in [7, 11) is 3.36. The number of amides is 1. The smallest absolute Gasteiger partial charge is 0.320 e. The van der Waals surface area contributed by atoms with Crippen molar-refractivity contribution in [3.63, 3.8) is 0 Å². The molecular formula is C17H25ClN2O4. The van der Waals surface area contributed by atoms with E-state index in [9.17, 15) is 14.7 Å². The van der Waals surface area contributed by atoms with Crippen molar-refractivity contribution in [2.75, 3.05) is 27.2 Å². The Labute approximate surface area is 148 Å². The first-order valence-electron chi connectivity index (χ1n) is 7.85. The molecule has 134 valence electrons. The van der Waals surface area contributed by atoms with Gasteiger partial charge in [-0.1, -0.05) is 18.6 Å². The van der Waals surface area contributed by atoms with Crippen LogP contribution in [0.15, 0.2) is 24.3 Å². The number of carbonyl (C=O) groups is 2. The van der Waals surface area contributed by atoms with E-state index in [1.165, 1.54) is 0 Å². The maximum Gasteiger partial charge on any atom is 0.320 e. The second kappa shape index (κ2) is 9.49. The molecule has 1 saturated heterocycles. The Morgan fingerprint density at radius 3 is 2.54 bits per heavy atom. The average molecular weight is 357 g/mol. The number of carboxylic acids is 1. The third-order valence-electron chi connectivity index (χ3n) is 4.24. The monoisotopic (exact) mass is 356 g/mol. The summed E-state index contributed by atoms with van der Waals surface area (Å²) in [6.07, 6.45) is 2.47. The molecule has 1 aliphatic heterocycles. The van der Waals surface area contributed by atoms with Crippen LogP contribution in [-0.2, 0) is 16.1 Å². The number of carbonyl (C=O) groups excluding carboxylic acids is 1. The Bertz CT molecular complexity index is 550. The van der Waals surface area contributed by atoms with Crippen LogP contribution >= 0.6 is 12.4 Å². The van der Waals surface area contributed by atoms with Crippen LogP contribution in [0.1, 0.15) is 24.8 Å². The normalized spacial score (nSPS) is 17.7. The van der Waals surface area contributed by atoms with Gasteiger partial charge in [-0.25, -0.2) is 0 Å². The van der Waals surface area contributed by atoms with Crippen LogP contribution in [0.5, 0.6) is 5.75 Å². The van der Waals surface area contributed by atoms with Gasteiger partial charge in [0.1, 0.15) is 11.8 Å². The molecule has 6 nitrogen and oxygen atoms in total. The summed E-state index contributed by atoms with van der Waals surface area (Å²) in [5.41, 5.74) is 1.01. The largest absolute Gasteiger partial charge is 0.497 e. The Morgan fingerprint density at radius 2 is 1.96 bits per heavy atom. The lowest BCUT2D eigenvalue weighted by Crippen LogP contribution is -2.49. The van der Waals surface area contributed by atoms with Gasteiger partial charge in [-0.05, 0) is 37.1 Å². The highest BCUT2D eigenvalue weighted by Crippen LogP contribution is 2.18. The molecule has 1 unspecified atom stereocenters. The molecule has 1 amide bonds. The summed E-state index contributed by atoms with van der Waals surface area (Å²) in [4.78, 5) is 27.1. The predicted molar refractivity (Wildman–Crippen MR) is 93.6 cm³/mol. The van der Waals surface area contributed by atoms with Crippen molar-refractivity contribution < 1.29 is 19.4 Å². The number of aliphatic carboxylic acids is 1. The fraction of sp³-hybridized carbons (Fsp3) is 0.529. The number of hydrogen-bond acceptors (Lipinski definition) is 4. The molecule has 2 rings (SSSR count). The Morgan fingerprint density at radius 1 is 1.29 bits per heavy atom. The maximum atomic E-state index is 12.4. The van der Waals surface area contributed by atoms with E-state index >= 15 is 0 Å². The van der Waals surface area contributed by atoms with Crippen LogP contribution < -0.4 is 4.74 Å². The Balaban J connectivity index is 0.00000288. The zero-order valence-corrected chi connectivity index (χ0v) is 14.9. The molecule has 1 atom stereocenters. The summed E-state index contributed by atoms with van der Waals surface area (Å²) in [6.45, 7) is 1.32. The van der Waals surface area contributed by atoms with Crippen LogP contribution in [0.4, 0.5) is 0 Å². The van der Waals surface area contributed by atoms with Crippen molar-refractivity contribution in [2.45, 2.75) is 31.8 Å². The first-order chi connectivity index (χ1) is 11.0. The molecule has 1 fully saturated rings. The molecule has 1 heterocycles. The van der Waals surface area contributed by atoms with Gasteiger partial charge in [0.05, 0.1) is 13.7 Å². The molecule has 7 heteroatoms. The van der Waals surface area contributed by atoms with E-state index in [1.54, 1.807) is 24.0 Å². The van der Waals surface area contributed by atoms with Crippen LogP contribution in [0.25, 0.3) is 0 Å². The molecule has 24 heavy (non-hydrogen) atoms. The van der Waals surface area contributed by atoms with E-state index in [2.05, 4.69) is 0 Å². The van der Waals surface area contributed by atoms with E-state index in [0.29, 0.717) is 19.5 Å². The van der Waals surface area contributed by atoms with Crippen molar-refractivity contribution in [3.05, 3.63) is 29.8 Å². The van der Waals surface area contributed by atoms with Gasteiger partial charge in [0.2, 0.25) is 5.91 Å². The molecule has 1 aromatic rings. The molecule has 0 bridgehead atoms. The van der Waals surface area contributed by atoms with E-state index in [1.807, 2.05) is 24.3 Å². The number of hydrogen-bond donors (Lipinski definition) is 1. The van der Waals surface area contributed by atoms with Crippen LogP contribution in [0.2, 0.25) is 0 Å². The van der Waals surface area contributed by atoms with Gasteiger partial charge in [-0.3, -0.25) is 14.5 Å². The molecule has 0 saturated carbocycles. The van der Waals surface area contributed by atoms with Crippen LogP contribution in [-0.4, -0.2) is 60.1 Å². The van der Waals surface area contributed by atoms with Gasteiger partial charge >= 0.3 is 5.97 Å². The fourth-order valence-electron chi connectivity index (χ4n) is 2.85. The van der Waals surface area contributed by atoms with Gasteiger partial charge < -0.3 is 14.7 Å². The van der Waals surface area contributed by atoms with Gasteiger partial charge in [0, 0.05) is 13.6 Å². The highest BCUT2D eigenvalue weighted by atomic mass is 35.5. The summed E-state index contributed by atoms with van der Waals surface area (Å²) < 4.78 is 5.11. The van der Waals surface area contributed by atoms with Crippen molar-refractivity contribution >= 4 is 24.3 Å². The molecule has 0 spiro atoms. The summed E-state index contributed by atoms with van der Waals surface area (Å²) in [5.74, 6) is -0.121. The molecular weight excluding hydrogens is 332 g/mol. The number of likely N-dealkylation sites (tertiary alicyclic amines) is 1. The Kier molecular flexibility index (Phi) is 8.01. The maximum absolute atomic E-state index is 12.4. The molecule has 0 aromatic heterocycles. The third kappa shape index (κ3) is 5.39. The first kappa shape index (κ1) is 20.3. The molecule has 1 N–H and O–H groups in total. The summed E-state index contributed by atoms with van der Waals surface area (Å²) >= 11 is 0. The lowest BCUT2D eigenvalue weighted by atomic mass is 10.0. The van der Waals surface area contributed by atoms with Gasteiger partial charge in [-0.15, -0.1) is 12.4 Å². The topological polar surface area (TPSA) is 70.1 Å². The first-order valence-corrected chi connectivity index (χ1v) is 7.85. The average Bonchev–Trinajstić information content (AvgIpc) is 2.55. The van der Waals surface area contributed by atoms with E-state index in [-0.39, 0.29) is 24.9 Å². The third-order valence-corrected chi connectivity index (χ3v) is 4.24. The number of ether oxygens (including phenoxy) is 1. The van der Waals surface area contributed by atoms with Crippen molar-refractivity contribution in [1.29, 1.82) is 0 Å². The zero-order valence-electron chi connectivity index (χ0n) is 14.1. The fourth-order valence-corrected chi connectivity index (χ4v) is 2.85. The minimum atomic E-state index is -0.838. The zero-order chi connectivity index (χ0) is 16.8. The van der Waals surface area contributed by atoms with Crippen molar-refractivity contribution in [2.24, 2.45) is 0 Å². The minimum Gasteiger partial charge on any atom is -0.497 e. The standard InChI is InChI=1S/C17H24N2O4.ClH/c1-18(11-13-6-8-14(23-2)9-7-13)16(20)12-19-10-4-3-5-15(19)17(21)22;/h6-9,15H,3-5,10-12H2,1-2H3,(H,21,22);1H. The summed E-state index contributed by atoms with van der Waals surface area (Å²) in [5, 5.41) is 9.27. The number of benzene rings is 1.